The van der Waals surface area contributed by atoms with E-state index >= 15 is 0 Å². The van der Waals surface area contributed by atoms with E-state index in [2.05, 4.69) is 240 Å². The van der Waals surface area contributed by atoms with Crippen molar-refractivity contribution < 1.29 is 28.6 Å². The van der Waals surface area contributed by atoms with Gasteiger partial charge < -0.3 is 14.2 Å². The van der Waals surface area contributed by atoms with Crippen LogP contribution in [0.4, 0.5) is 0 Å². The normalized spacial score (nSPS) is 19.7. The Morgan fingerprint density at radius 1 is 0.391 bits per heavy atom. The van der Waals surface area contributed by atoms with Gasteiger partial charge in [0.2, 0.25) is 11.6 Å². The fourth-order valence-corrected chi connectivity index (χ4v) is 15.6. The summed E-state index contributed by atoms with van der Waals surface area (Å²) in [4.78, 5) is 59.7. The first kappa shape index (κ1) is 71.9. The molecule has 0 aliphatic carbocycles. The minimum absolute atomic E-state index is 0.0520. The molecule has 18 rings (SSSR count). The second-order valence-electron chi connectivity index (χ2n) is 28.6. The van der Waals surface area contributed by atoms with Gasteiger partial charge in [0.05, 0.1) is 45.2 Å². The molecule has 3 unspecified atom stereocenters. The van der Waals surface area contributed by atoms with Crippen LogP contribution in [0.2, 0.25) is 0 Å². The van der Waals surface area contributed by atoms with Gasteiger partial charge in [-0.15, -0.1) is 25.5 Å². The van der Waals surface area contributed by atoms with Crippen LogP contribution in [-0.4, -0.2) is 160 Å². The van der Waals surface area contributed by atoms with Gasteiger partial charge in [0.25, 0.3) is 17.7 Å². The molecule has 0 radical (unpaired) electrons. The summed E-state index contributed by atoms with van der Waals surface area (Å²) in [7, 11) is 0. The molecule has 23 heteroatoms. The lowest BCUT2D eigenvalue weighted by molar-refractivity contribution is -0.132. The van der Waals surface area contributed by atoms with Crippen molar-refractivity contribution >= 4 is 40.9 Å². The third-order valence-corrected chi connectivity index (χ3v) is 21.6. The molecule has 3 fully saturated rings. The predicted molar refractivity (Wildman–Crippen MR) is 423 cm³/mol. The number of carbonyl (C=O) groups excluding carboxylic acids is 3. The number of nitrogens with one attached hydrogen (secondary N) is 2. The molecule has 3 amide bonds. The van der Waals surface area contributed by atoms with E-state index in [1.165, 1.54) is 16.7 Å². The number of aromatic amines is 2. The molecular formula is C87H83N17O6. The van der Waals surface area contributed by atoms with Gasteiger partial charge in [0, 0.05) is 75.0 Å². The molecule has 9 aromatic carbocycles. The molecule has 7 aliphatic rings. The first-order chi connectivity index (χ1) is 53.8. The molecule has 3 spiro atoms. The number of aliphatic imine (C=N–C) groups is 3. The Labute approximate surface area is 637 Å². The number of nitrogens with zero attached hydrogens (tertiary/aromatic N) is 15. The van der Waals surface area contributed by atoms with Crippen LogP contribution in [0.5, 0.6) is 0 Å². The van der Waals surface area contributed by atoms with Gasteiger partial charge in [0.15, 0.2) is 16.6 Å². The van der Waals surface area contributed by atoms with Crippen LogP contribution in [0.25, 0.3) is 89.5 Å². The molecule has 2 N–H and O–H groups in total. The summed E-state index contributed by atoms with van der Waals surface area (Å²) in [5.74, 6) is 3.78. The number of tetrazole rings is 2. The van der Waals surface area contributed by atoms with E-state index < -0.39 is 16.6 Å². The number of aryl methyl sites for hydroxylation is 2. The van der Waals surface area contributed by atoms with Crippen LogP contribution in [0.15, 0.2) is 237 Å². The van der Waals surface area contributed by atoms with Crippen molar-refractivity contribution in [3.63, 3.8) is 0 Å². The molecule has 3 atom stereocenters. The second kappa shape index (κ2) is 31.1. The minimum atomic E-state index is -0.721. The molecule has 0 bridgehead atoms. The highest BCUT2D eigenvalue weighted by molar-refractivity contribution is 6.11. The van der Waals surface area contributed by atoms with Crippen LogP contribution >= 0.6 is 0 Å². The van der Waals surface area contributed by atoms with Gasteiger partial charge in [-0.2, -0.15) is 15.5 Å². The molecule has 110 heavy (non-hydrogen) atoms. The van der Waals surface area contributed by atoms with E-state index in [-0.39, 0.29) is 17.7 Å². The molecule has 0 saturated carbocycles. The Balaban J connectivity index is 0.000000125. The lowest BCUT2D eigenvalue weighted by atomic mass is 9.92. The third kappa shape index (κ3) is 14.3. The van der Waals surface area contributed by atoms with E-state index in [9.17, 15) is 14.4 Å². The van der Waals surface area contributed by atoms with Gasteiger partial charge in [0.1, 0.15) is 24.1 Å². The Kier molecular flexibility index (Phi) is 20.3. The topological polar surface area (TPSA) is 272 Å². The zero-order valence-electron chi connectivity index (χ0n) is 62.1. The van der Waals surface area contributed by atoms with E-state index in [4.69, 9.17) is 29.2 Å². The Morgan fingerprint density at radius 2 is 0.791 bits per heavy atom. The monoisotopic (exact) mass is 1460 g/mol. The Morgan fingerprint density at radius 3 is 1.20 bits per heavy atom. The van der Waals surface area contributed by atoms with Crippen molar-refractivity contribution in [3.8, 4) is 89.5 Å². The summed E-state index contributed by atoms with van der Waals surface area (Å²) >= 11 is 0. The number of hydrogen-bond donors (Lipinski definition) is 2. The van der Waals surface area contributed by atoms with Crippen LogP contribution < -0.4 is 0 Å². The molecule has 7 aliphatic heterocycles. The SMILES string of the molecule is CCC1=NC2(CCOC2)C(=O)N1Cc1ccc(-c2cc(-c3cccc(C)c3)ccc2-c2nn[nH]n2)cc1.CCC1=NC2(CCOC2)C(=O)N1Cc1ccc(-c2cc(-c3ccccc3)ccc2C2=NN=NC2)cc1.CCC1=NC2(CCOC2)C(=O)N1Cc1ccc(-c2cc(-c3ccccc3C)ccc2-c2nn[nH]n2)cc1. The number of ether oxygens (including phenoxy) is 3. The Bertz CT molecular complexity index is 5390. The summed E-state index contributed by atoms with van der Waals surface area (Å²) in [5, 5.41) is 41.6. The fourth-order valence-electron chi connectivity index (χ4n) is 15.6. The average molecular weight is 1460 g/mol. The number of amidine groups is 3. The van der Waals surface area contributed by atoms with Crippen molar-refractivity contribution in [2.75, 3.05) is 46.2 Å². The number of carbonyl (C=O) groups is 3. The lowest BCUT2D eigenvalue weighted by Crippen LogP contribution is -2.42. The Hall–Kier alpha value is -12.3. The zero-order valence-corrected chi connectivity index (χ0v) is 62.1. The summed E-state index contributed by atoms with van der Waals surface area (Å²) in [6, 6.07) is 71.3. The maximum atomic E-state index is 13.3. The summed E-state index contributed by atoms with van der Waals surface area (Å²) in [6.07, 6.45) is 4.12. The zero-order chi connectivity index (χ0) is 75.4. The van der Waals surface area contributed by atoms with E-state index in [1.54, 1.807) is 0 Å². The maximum absolute atomic E-state index is 13.3. The average Bonchev–Trinajstić information content (AvgIpc) is 1.54. The summed E-state index contributed by atoms with van der Waals surface area (Å²) in [5.41, 5.74) is 20.3. The highest BCUT2D eigenvalue weighted by Gasteiger charge is 2.53. The first-order valence-electron chi connectivity index (χ1n) is 37.6. The highest BCUT2D eigenvalue weighted by Crippen LogP contribution is 2.41. The summed E-state index contributed by atoms with van der Waals surface area (Å²) < 4.78 is 16.6. The van der Waals surface area contributed by atoms with Crippen molar-refractivity contribution in [1.82, 2.24) is 55.9 Å². The molecule has 552 valence electrons. The van der Waals surface area contributed by atoms with Gasteiger partial charge >= 0.3 is 0 Å². The largest absolute Gasteiger partial charge is 0.378 e. The molecule has 11 aromatic rings. The van der Waals surface area contributed by atoms with Crippen molar-refractivity contribution in [1.29, 1.82) is 0 Å². The second-order valence-corrected chi connectivity index (χ2v) is 28.6. The lowest BCUT2D eigenvalue weighted by Gasteiger charge is -2.21. The first-order valence-corrected chi connectivity index (χ1v) is 37.6. The van der Waals surface area contributed by atoms with Gasteiger partial charge in [-0.1, -0.05) is 202 Å². The number of H-pyrrole nitrogens is 2. The smallest absolute Gasteiger partial charge is 0.258 e. The molecule has 2 aromatic heterocycles. The quantitative estimate of drug-likeness (QED) is 0.0812. The van der Waals surface area contributed by atoms with Crippen LogP contribution in [0.3, 0.4) is 0 Å². The van der Waals surface area contributed by atoms with E-state index in [0.717, 1.165) is 124 Å². The van der Waals surface area contributed by atoms with Crippen molar-refractivity contribution in [2.45, 2.75) is 109 Å². The van der Waals surface area contributed by atoms with Crippen molar-refractivity contribution in [3.05, 3.63) is 240 Å². The number of benzene rings is 9. The predicted octanol–water partition coefficient (Wildman–Crippen LogP) is 15.1. The standard InChI is InChI=1S/2C29H28N6O2.C29H27N5O2/c1-3-26-30-29(13-14-37-18-29)28(36)35(26)17-20-7-9-21(10-8-20)25-16-23(22-6-4-5-19(2)15-22)11-12-24(25)27-31-33-34-32-27;1-3-26-30-29(14-15-37-18-29)28(36)35(26)17-20-8-10-21(11-9-20)25-16-22(23-7-5-4-6-19(23)2)12-13-24(25)27-31-33-34-32-27;1-2-27-31-29(14-15-36-19-29)28(35)34(27)18-20-8-10-22(11-9-20)25-16-23(21-6-4-3-5-7-21)12-13-24(25)26-17-30-33-32-26/h4-12,15-16H,3,13-14,17-18H2,1-2H3,(H,31,32,33,34);4-13,16H,3,14-15,17-18H2,1-2H3,(H,31,32,33,34);3-13,16H,2,14-15,17-19H2,1H3. The van der Waals surface area contributed by atoms with E-state index in [0.29, 0.717) is 110 Å². The van der Waals surface area contributed by atoms with Gasteiger partial charge in [-0.3, -0.25) is 44.1 Å². The molecular weight excluding hydrogens is 1380 g/mol. The molecule has 23 nitrogen and oxygen atoms in total. The number of amides is 3. The number of hydrogen-bond acceptors (Lipinski definition) is 18. The molecule has 9 heterocycles. The summed E-state index contributed by atoms with van der Waals surface area (Å²) in [6.45, 7) is 15.2. The van der Waals surface area contributed by atoms with Gasteiger partial charge in [-0.25, -0.2) is 0 Å². The minimum Gasteiger partial charge on any atom is -0.378 e. The van der Waals surface area contributed by atoms with Crippen LogP contribution in [0.1, 0.15) is 92.7 Å². The molecule has 3 saturated heterocycles. The van der Waals surface area contributed by atoms with Gasteiger partial charge in [-0.05, 0) is 149 Å². The maximum Gasteiger partial charge on any atom is 0.258 e. The fraction of sp³-hybridized carbons (Fsp3) is 0.276. The number of aromatic nitrogens is 8. The third-order valence-electron chi connectivity index (χ3n) is 21.6. The van der Waals surface area contributed by atoms with E-state index in [1.807, 2.05) is 71.9 Å². The van der Waals surface area contributed by atoms with Crippen LogP contribution in [-0.2, 0) is 48.2 Å². The number of rotatable bonds is 18. The van der Waals surface area contributed by atoms with Crippen LogP contribution in [0, 0.1) is 13.8 Å². The highest BCUT2D eigenvalue weighted by atomic mass is 16.5. The van der Waals surface area contributed by atoms with Crippen molar-refractivity contribution in [2.24, 2.45) is 30.4 Å².